The number of rotatable bonds is 22. The van der Waals surface area contributed by atoms with Crippen LogP contribution >= 0.6 is 0 Å². The third-order valence-electron chi connectivity index (χ3n) is 9.68. The molecule has 334 valence electrons. The zero-order valence-corrected chi connectivity index (χ0v) is 33.9. The number of esters is 2. The summed E-state index contributed by atoms with van der Waals surface area (Å²) in [5.41, 5.74) is 0.907. The minimum Gasteiger partial charge on any atom is -0.493 e. The maximum atomic E-state index is 13.0. The van der Waals surface area contributed by atoms with Crippen LogP contribution in [0.4, 0.5) is 13.2 Å². The summed E-state index contributed by atoms with van der Waals surface area (Å²) >= 11 is 0. The largest absolute Gasteiger partial charge is 0.493 e. The molecule has 0 saturated heterocycles. The lowest BCUT2D eigenvalue weighted by atomic mass is 9.89. The van der Waals surface area contributed by atoms with E-state index < -0.39 is 59.0 Å². The van der Waals surface area contributed by atoms with E-state index in [-0.39, 0.29) is 61.7 Å². The number of aliphatic hydroxyl groups is 3. The Hall–Kier alpha value is -6.24. The maximum absolute atomic E-state index is 13.0. The van der Waals surface area contributed by atoms with Crippen LogP contribution in [-0.4, -0.2) is 76.3 Å². The first-order chi connectivity index (χ1) is 29.5. The summed E-state index contributed by atoms with van der Waals surface area (Å²) in [5.74, 6) is -2.37. The van der Waals surface area contributed by atoms with Crippen molar-refractivity contribution in [1.82, 2.24) is 5.32 Å². The second-order valence-corrected chi connectivity index (χ2v) is 14.4. The molecule has 1 saturated carbocycles. The van der Waals surface area contributed by atoms with Gasteiger partial charge in [0, 0.05) is 24.8 Å². The molecule has 15 nitrogen and oxygen atoms in total. The molecule has 4 rings (SSSR count). The zero-order chi connectivity index (χ0) is 45.2. The van der Waals surface area contributed by atoms with E-state index in [2.05, 4.69) is 10.2 Å². The van der Waals surface area contributed by atoms with Gasteiger partial charge in [0.2, 0.25) is 5.91 Å². The van der Waals surface area contributed by atoms with Gasteiger partial charge < -0.3 is 44.4 Å². The van der Waals surface area contributed by atoms with Crippen LogP contribution in [0, 0.1) is 22.0 Å². The summed E-state index contributed by atoms with van der Waals surface area (Å²) < 4.78 is 60.3. The van der Waals surface area contributed by atoms with Crippen LogP contribution in [0.1, 0.15) is 61.3 Å². The van der Waals surface area contributed by atoms with Crippen LogP contribution in [0.25, 0.3) is 6.08 Å². The number of nitrogens with one attached hydrogen (secondary N) is 1. The van der Waals surface area contributed by atoms with Gasteiger partial charge in [0.15, 0.2) is 11.5 Å². The molecule has 0 heterocycles. The molecule has 1 unspecified atom stereocenters. The van der Waals surface area contributed by atoms with E-state index in [4.69, 9.17) is 18.9 Å². The number of amides is 1. The van der Waals surface area contributed by atoms with Crippen molar-refractivity contribution < 1.29 is 71.7 Å². The summed E-state index contributed by atoms with van der Waals surface area (Å²) in [4.78, 5) is 52.3. The fraction of sp³-hybridized carbons (Fsp3) is 0.386. The molecule has 0 aromatic heterocycles. The molecule has 62 heavy (non-hydrogen) atoms. The lowest BCUT2D eigenvalue weighted by molar-refractivity contribution is -0.763. The Labute approximate surface area is 355 Å². The number of benzene rings is 3. The van der Waals surface area contributed by atoms with E-state index in [0.717, 1.165) is 12.1 Å². The van der Waals surface area contributed by atoms with E-state index in [1.165, 1.54) is 50.5 Å². The van der Waals surface area contributed by atoms with Gasteiger partial charge in [-0.15, -0.1) is 10.1 Å². The van der Waals surface area contributed by atoms with Crippen molar-refractivity contribution in [2.75, 3.05) is 13.7 Å². The Morgan fingerprint density at radius 2 is 1.71 bits per heavy atom. The summed E-state index contributed by atoms with van der Waals surface area (Å²) in [6.45, 7) is 0.933. The highest BCUT2D eigenvalue weighted by atomic mass is 19.4. The average Bonchev–Trinajstić information content (AvgIpc) is 3.51. The van der Waals surface area contributed by atoms with Gasteiger partial charge in [0.1, 0.15) is 37.7 Å². The van der Waals surface area contributed by atoms with Crippen LogP contribution in [0.15, 0.2) is 97.1 Å². The molecule has 0 aliphatic heterocycles. The Balaban J connectivity index is 1.15. The highest BCUT2D eigenvalue weighted by Crippen LogP contribution is 2.37. The lowest BCUT2D eigenvalue weighted by Crippen LogP contribution is -2.40. The number of hydrogen-bond donors (Lipinski definition) is 4. The number of alkyl halides is 3. The van der Waals surface area contributed by atoms with Crippen molar-refractivity contribution in [3.8, 4) is 17.2 Å². The number of hydrogen-bond acceptors (Lipinski definition) is 13. The van der Waals surface area contributed by atoms with Gasteiger partial charge in [0.05, 0.1) is 24.9 Å². The molecule has 3 aromatic carbocycles. The molecule has 4 N–H and O–H groups in total. The predicted octanol–water partition coefficient (Wildman–Crippen LogP) is 6.06. The monoisotopic (exact) mass is 870 g/mol. The Morgan fingerprint density at radius 1 is 0.984 bits per heavy atom. The number of unbranched alkanes of at least 4 members (excludes halogenated alkanes) is 1. The van der Waals surface area contributed by atoms with Gasteiger partial charge in [0.25, 0.3) is 5.09 Å². The second-order valence-electron chi connectivity index (χ2n) is 14.4. The quantitative estimate of drug-likeness (QED) is 0.0172. The van der Waals surface area contributed by atoms with Crippen LogP contribution < -0.4 is 19.5 Å². The Morgan fingerprint density at radius 3 is 2.40 bits per heavy atom. The van der Waals surface area contributed by atoms with Gasteiger partial charge >= 0.3 is 18.1 Å². The molecule has 0 radical (unpaired) electrons. The molecule has 3 aromatic rings. The summed E-state index contributed by atoms with van der Waals surface area (Å²) in [7, 11) is 1.37. The van der Waals surface area contributed by atoms with Crippen molar-refractivity contribution in [3.05, 3.63) is 129 Å². The van der Waals surface area contributed by atoms with Gasteiger partial charge in [-0.2, -0.15) is 13.2 Å². The smallest absolute Gasteiger partial charge is 0.416 e. The number of carbonyl (C=O) groups excluding carboxylic acids is 3. The van der Waals surface area contributed by atoms with E-state index in [0.29, 0.717) is 36.0 Å². The van der Waals surface area contributed by atoms with Gasteiger partial charge in [-0.3, -0.25) is 4.79 Å². The number of carbonyl (C=O) groups is 3. The molecule has 0 spiro atoms. The molecule has 0 bridgehead atoms. The van der Waals surface area contributed by atoms with Crippen molar-refractivity contribution in [2.45, 2.75) is 82.8 Å². The molecular weight excluding hydrogens is 821 g/mol. The maximum Gasteiger partial charge on any atom is 0.416 e. The van der Waals surface area contributed by atoms with E-state index in [1.54, 1.807) is 42.5 Å². The standard InChI is InChI=1S/C44H49F3N2O13/c1-28(43(55)62-39-20-16-29(22-40(39)58-2)17-21-42(54)60-25-30-12-14-31(15-13-30)26-61-49(56)57)48-41(53)11-6-4-3-5-10-35-36(38(52)24-37(35)51)19-18-33(50)27-59-34-9-7-8-32(23-34)44(45,46)47/h3,5,7-9,12-23,28,33,35-38,50-52H,4,6,10-11,24-27H2,1-2H3,(H,48,53)/t28?,33-,35-,36-,37+,38-/m1/s1. The van der Waals surface area contributed by atoms with Crippen molar-refractivity contribution in [2.24, 2.45) is 11.8 Å². The number of allylic oxidation sites excluding steroid dienone is 2. The van der Waals surface area contributed by atoms with Crippen molar-refractivity contribution >= 4 is 23.9 Å². The van der Waals surface area contributed by atoms with E-state index in [1.807, 2.05) is 12.2 Å². The minimum absolute atomic E-state index is 0.0299. The van der Waals surface area contributed by atoms with Crippen LogP contribution in [-0.2, 0) is 43.3 Å². The first-order valence-electron chi connectivity index (χ1n) is 19.6. The third kappa shape index (κ3) is 16.0. The first kappa shape index (κ1) is 48.4. The molecule has 1 fully saturated rings. The number of methoxy groups -OCH3 is 1. The van der Waals surface area contributed by atoms with Crippen LogP contribution in [0.5, 0.6) is 17.2 Å². The fourth-order valence-electron chi connectivity index (χ4n) is 6.38. The van der Waals surface area contributed by atoms with Crippen LogP contribution in [0.3, 0.4) is 0 Å². The van der Waals surface area contributed by atoms with E-state index in [9.17, 15) is 53.0 Å². The van der Waals surface area contributed by atoms with Crippen LogP contribution in [0.2, 0.25) is 0 Å². The highest BCUT2D eigenvalue weighted by molar-refractivity contribution is 5.87. The predicted molar refractivity (Wildman–Crippen MR) is 217 cm³/mol. The minimum atomic E-state index is -4.53. The summed E-state index contributed by atoms with van der Waals surface area (Å²) in [6, 6.07) is 14.5. The normalized spacial score (nSPS) is 18.7. The van der Waals surface area contributed by atoms with Gasteiger partial charge in [-0.1, -0.05) is 60.7 Å². The molecule has 1 aliphatic rings. The van der Waals surface area contributed by atoms with Gasteiger partial charge in [-0.05, 0) is 85.2 Å². The third-order valence-corrected chi connectivity index (χ3v) is 9.68. The molecule has 18 heteroatoms. The topological polar surface area (TPSA) is 213 Å². The van der Waals surface area contributed by atoms with Crippen molar-refractivity contribution in [3.63, 3.8) is 0 Å². The lowest BCUT2D eigenvalue weighted by Gasteiger charge is -2.19. The molecule has 1 amide bonds. The molecule has 6 atom stereocenters. The second kappa shape index (κ2) is 23.7. The average molecular weight is 871 g/mol. The summed E-state index contributed by atoms with van der Waals surface area (Å²) in [5, 5.41) is 43.5. The number of aliphatic hydroxyl groups excluding tert-OH is 3. The number of halogens is 3. The van der Waals surface area contributed by atoms with Gasteiger partial charge in [-0.25, -0.2) is 9.59 Å². The molecular formula is C44H49F3N2O13. The SMILES string of the molecule is COc1cc(C=CC(=O)OCc2ccc(CO[N+](=O)[O-])cc2)ccc1OC(=O)C(C)NC(=O)CCCC=CC[C@@H]1[C@@H](C=C[C@@H](O)COc2cccc(C(F)(F)F)c2)[C@H](O)C[C@@H]1O. The fourth-order valence-corrected chi connectivity index (χ4v) is 6.38. The number of nitrogens with zero attached hydrogens (tertiary/aromatic N) is 1. The Kier molecular flexibility index (Phi) is 18.5. The highest BCUT2D eigenvalue weighted by Gasteiger charge is 2.39. The van der Waals surface area contributed by atoms with E-state index >= 15 is 0 Å². The summed E-state index contributed by atoms with van der Waals surface area (Å²) in [6.07, 6.45) is 3.56. The Bertz CT molecular complexity index is 2060. The molecule has 1 aliphatic carbocycles. The van der Waals surface area contributed by atoms with Crippen molar-refractivity contribution in [1.29, 1.82) is 0 Å². The first-order valence-corrected chi connectivity index (χ1v) is 19.6. The zero-order valence-electron chi connectivity index (χ0n) is 33.9. The number of ether oxygens (including phenoxy) is 4.